The Morgan fingerprint density at radius 1 is 1.33 bits per heavy atom. The zero-order valence-corrected chi connectivity index (χ0v) is 11.8. The fourth-order valence-corrected chi connectivity index (χ4v) is 2.19. The maximum Gasteiger partial charge on any atom is 0.415 e. The average Bonchev–Trinajstić information content (AvgIpc) is 2.72. The summed E-state index contributed by atoms with van der Waals surface area (Å²) in [4.78, 5) is 24.3. The monoisotopic (exact) mass is 299 g/mol. The van der Waals surface area contributed by atoms with Crippen molar-refractivity contribution in [2.75, 3.05) is 4.90 Å². The molecule has 1 N–H and O–H groups in total. The first-order chi connectivity index (χ1) is 9.61. The van der Waals surface area contributed by atoms with Crippen LogP contribution in [0.5, 0.6) is 0 Å². The summed E-state index contributed by atoms with van der Waals surface area (Å²) in [7, 11) is 0. The molecular weight excluding hydrogens is 284 g/mol. The van der Waals surface area contributed by atoms with E-state index >= 15 is 0 Å². The van der Waals surface area contributed by atoms with Gasteiger partial charge in [-0.2, -0.15) is 0 Å². The molecule has 0 spiro atoms. The van der Waals surface area contributed by atoms with Crippen molar-refractivity contribution in [3.8, 4) is 0 Å². The maximum atomic E-state index is 13.8. The van der Waals surface area contributed by atoms with Gasteiger partial charge in [-0.15, -0.1) is 0 Å². The number of hydrogen-bond acceptors (Lipinski definition) is 3. The van der Waals surface area contributed by atoms with Gasteiger partial charge in [0.05, 0.1) is 5.69 Å². The van der Waals surface area contributed by atoms with Crippen LogP contribution in [-0.2, 0) is 16.0 Å². The van der Waals surface area contributed by atoms with Crippen molar-refractivity contribution in [1.82, 2.24) is 0 Å². The molecule has 0 unspecified atom stereocenters. The summed E-state index contributed by atoms with van der Waals surface area (Å²) < 4.78 is 32.1. The fourth-order valence-electron chi connectivity index (χ4n) is 2.19. The molecule has 0 bridgehead atoms. The third-order valence-corrected chi connectivity index (χ3v) is 3.02. The third-order valence-electron chi connectivity index (χ3n) is 3.02. The van der Waals surface area contributed by atoms with Crippen molar-refractivity contribution in [1.29, 1.82) is 0 Å². The molecule has 0 saturated heterocycles. The molecule has 0 aromatic heterocycles. The van der Waals surface area contributed by atoms with Gasteiger partial charge in [-0.1, -0.05) is 0 Å². The predicted molar refractivity (Wildman–Crippen MR) is 70.2 cm³/mol. The van der Waals surface area contributed by atoms with Crippen LogP contribution in [0.3, 0.4) is 0 Å². The van der Waals surface area contributed by atoms with E-state index in [1.54, 1.807) is 20.8 Å². The van der Waals surface area contributed by atoms with E-state index < -0.39 is 35.3 Å². The number of carboxylic acids is 1. The van der Waals surface area contributed by atoms with Gasteiger partial charge in [0, 0.05) is 12.0 Å². The van der Waals surface area contributed by atoms with Gasteiger partial charge >= 0.3 is 12.1 Å². The summed E-state index contributed by atoms with van der Waals surface area (Å²) in [5.74, 6) is -3.52. The summed E-state index contributed by atoms with van der Waals surface area (Å²) >= 11 is 0. The van der Waals surface area contributed by atoms with Gasteiger partial charge in [0.25, 0.3) is 0 Å². The molecule has 0 radical (unpaired) electrons. The standard InChI is InChI=1S/C14H15F2NO4/c1-14(2,3)21-13(20)17-9-5-4-8(15)11(16)7(9)6-10(17)12(18)19/h4-5,10H,6H2,1-3H3,(H,18,19)/t10-/m0/s1. The molecule has 7 heteroatoms. The lowest BCUT2D eigenvalue weighted by Gasteiger charge is -2.27. The Bertz CT molecular complexity index is 610. The number of benzene rings is 1. The minimum Gasteiger partial charge on any atom is -0.480 e. The molecule has 1 atom stereocenters. The lowest BCUT2D eigenvalue weighted by Crippen LogP contribution is -2.45. The number of hydrogen-bond donors (Lipinski definition) is 1. The van der Waals surface area contributed by atoms with Gasteiger partial charge < -0.3 is 9.84 Å². The van der Waals surface area contributed by atoms with Crippen molar-refractivity contribution in [3.05, 3.63) is 29.3 Å². The number of rotatable bonds is 1. The number of nitrogens with zero attached hydrogens (tertiary/aromatic N) is 1. The quantitative estimate of drug-likeness (QED) is 0.866. The Kier molecular flexibility index (Phi) is 3.61. The Morgan fingerprint density at radius 3 is 2.48 bits per heavy atom. The second-order valence-electron chi connectivity index (χ2n) is 5.77. The van der Waals surface area contributed by atoms with Crippen LogP contribution in [0.25, 0.3) is 0 Å². The van der Waals surface area contributed by atoms with Gasteiger partial charge in [0.15, 0.2) is 11.6 Å². The summed E-state index contributed by atoms with van der Waals surface area (Å²) in [6, 6.07) is 0.724. The highest BCUT2D eigenvalue weighted by Gasteiger charge is 2.42. The highest BCUT2D eigenvalue weighted by atomic mass is 19.2. The fraction of sp³-hybridized carbons (Fsp3) is 0.429. The van der Waals surface area contributed by atoms with E-state index in [1.165, 1.54) is 6.07 Å². The molecule has 0 saturated carbocycles. The van der Waals surface area contributed by atoms with Crippen LogP contribution in [-0.4, -0.2) is 28.8 Å². The highest BCUT2D eigenvalue weighted by molar-refractivity contribution is 5.98. The number of carboxylic acid groups (broad SMARTS) is 1. The van der Waals surface area contributed by atoms with Crippen molar-refractivity contribution >= 4 is 17.7 Å². The minimum atomic E-state index is -1.31. The molecule has 5 nitrogen and oxygen atoms in total. The number of carbonyl (C=O) groups excluding carboxylic acids is 1. The molecule has 1 aromatic rings. The van der Waals surface area contributed by atoms with Gasteiger partial charge in [-0.05, 0) is 32.9 Å². The number of amides is 1. The van der Waals surface area contributed by atoms with Crippen LogP contribution < -0.4 is 4.90 Å². The molecule has 0 fully saturated rings. The van der Waals surface area contributed by atoms with Crippen LogP contribution >= 0.6 is 0 Å². The molecule has 114 valence electrons. The van der Waals surface area contributed by atoms with Crippen molar-refractivity contribution in [2.24, 2.45) is 0 Å². The Morgan fingerprint density at radius 2 is 1.95 bits per heavy atom. The number of fused-ring (bicyclic) bond motifs is 1. The minimum absolute atomic E-state index is 0.0237. The van der Waals surface area contributed by atoms with E-state index in [0.29, 0.717) is 0 Å². The van der Waals surface area contributed by atoms with E-state index in [2.05, 4.69) is 0 Å². The van der Waals surface area contributed by atoms with Crippen LogP contribution in [0.1, 0.15) is 26.3 Å². The van der Waals surface area contributed by atoms with Gasteiger partial charge in [0.1, 0.15) is 11.6 Å². The van der Waals surface area contributed by atoms with Crippen LogP contribution in [0.15, 0.2) is 12.1 Å². The molecule has 21 heavy (non-hydrogen) atoms. The molecule has 1 aromatic carbocycles. The Balaban J connectivity index is 2.46. The van der Waals surface area contributed by atoms with Gasteiger partial charge in [-0.25, -0.2) is 18.4 Å². The number of aliphatic carboxylic acids is 1. The molecule has 0 aliphatic carbocycles. The summed E-state index contributed by atoms with van der Waals surface area (Å²) in [6.07, 6.45) is -1.20. The van der Waals surface area contributed by atoms with E-state index in [1.807, 2.05) is 0 Å². The SMILES string of the molecule is CC(C)(C)OC(=O)N1c2ccc(F)c(F)c2C[C@H]1C(=O)O. The molecule has 1 amide bonds. The van der Waals surface area contributed by atoms with Crippen LogP contribution in [0.4, 0.5) is 19.3 Å². The van der Waals surface area contributed by atoms with E-state index in [-0.39, 0.29) is 17.7 Å². The zero-order valence-electron chi connectivity index (χ0n) is 11.8. The van der Waals surface area contributed by atoms with E-state index in [9.17, 15) is 23.5 Å². The second kappa shape index (κ2) is 4.98. The largest absolute Gasteiger partial charge is 0.480 e. The lowest BCUT2D eigenvalue weighted by molar-refractivity contribution is -0.138. The molecule has 2 rings (SSSR count). The number of halogens is 2. The van der Waals surface area contributed by atoms with Crippen molar-refractivity contribution in [2.45, 2.75) is 38.8 Å². The topological polar surface area (TPSA) is 66.8 Å². The van der Waals surface area contributed by atoms with Crippen LogP contribution in [0, 0.1) is 11.6 Å². The maximum absolute atomic E-state index is 13.8. The third kappa shape index (κ3) is 2.81. The number of ether oxygens (including phenoxy) is 1. The first kappa shape index (κ1) is 15.2. The first-order valence-electron chi connectivity index (χ1n) is 6.33. The molecule has 1 aliphatic heterocycles. The summed E-state index contributed by atoms with van der Waals surface area (Å²) in [5, 5.41) is 9.20. The summed E-state index contributed by atoms with van der Waals surface area (Å²) in [6.45, 7) is 4.88. The van der Waals surface area contributed by atoms with Crippen LogP contribution in [0.2, 0.25) is 0 Å². The molecule has 1 heterocycles. The predicted octanol–water partition coefficient (Wildman–Crippen LogP) is 2.72. The number of anilines is 1. The van der Waals surface area contributed by atoms with Crippen molar-refractivity contribution in [3.63, 3.8) is 0 Å². The zero-order chi connectivity index (χ0) is 15.9. The molecular formula is C14H15F2NO4. The lowest BCUT2D eigenvalue weighted by atomic mass is 10.1. The van der Waals surface area contributed by atoms with Gasteiger partial charge in [0.2, 0.25) is 0 Å². The van der Waals surface area contributed by atoms with E-state index in [4.69, 9.17) is 4.74 Å². The molecule has 1 aliphatic rings. The van der Waals surface area contributed by atoms with Crippen molar-refractivity contribution < 1.29 is 28.2 Å². The average molecular weight is 299 g/mol. The Labute approximate surface area is 120 Å². The Hall–Kier alpha value is -2.18. The summed E-state index contributed by atoms with van der Waals surface area (Å²) in [5.41, 5.74) is -0.939. The smallest absolute Gasteiger partial charge is 0.415 e. The van der Waals surface area contributed by atoms with Gasteiger partial charge in [-0.3, -0.25) is 4.90 Å². The highest BCUT2D eigenvalue weighted by Crippen LogP contribution is 2.36. The normalized spacial score (nSPS) is 17.6. The second-order valence-corrected chi connectivity index (χ2v) is 5.77. The first-order valence-corrected chi connectivity index (χ1v) is 6.33. The van der Waals surface area contributed by atoms with E-state index in [0.717, 1.165) is 11.0 Å². The number of carbonyl (C=O) groups is 2.